The van der Waals surface area contributed by atoms with Gasteiger partial charge in [0.15, 0.2) is 0 Å². The van der Waals surface area contributed by atoms with Gasteiger partial charge in [0, 0.05) is 23.8 Å². The molecule has 2 rings (SSSR count). The number of hydrogen-bond donors (Lipinski definition) is 1. The van der Waals surface area contributed by atoms with Gasteiger partial charge in [-0.1, -0.05) is 6.92 Å². The summed E-state index contributed by atoms with van der Waals surface area (Å²) >= 11 is 0. The highest BCUT2D eigenvalue weighted by Crippen LogP contribution is 2.36. The first-order valence-corrected chi connectivity index (χ1v) is 7.10. The molecular weight excluding hydrogens is 224 g/mol. The number of rotatable bonds is 5. The zero-order valence-corrected chi connectivity index (χ0v) is 12.1. The SMILES string of the molecule is CCN1CCC(CNC)C1c1cnn(C(C)C)c1. The Morgan fingerprint density at radius 3 is 2.83 bits per heavy atom. The van der Waals surface area contributed by atoms with Crippen LogP contribution in [0.3, 0.4) is 0 Å². The third-order valence-electron chi connectivity index (χ3n) is 3.99. The minimum absolute atomic E-state index is 0.443. The standard InChI is InChI=1S/C14H26N4/c1-5-17-7-6-12(8-15-4)14(17)13-9-16-18(10-13)11(2)3/h9-12,14-15H,5-8H2,1-4H3. The van der Waals surface area contributed by atoms with Gasteiger partial charge in [-0.25, -0.2) is 0 Å². The van der Waals surface area contributed by atoms with Crippen LogP contribution in [-0.2, 0) is 0 Å². The van der Waals surface area contributed by atoms with Gasteiger partial charge in [-0.3, -0.25) is 9.58 Å². The molecule has 102 valence electrons. The summed E-state index contributed by atoms with van der Waals surface area (Å²) in [6.07, 6.45) is 5.57. The Bertz CT molecular complexity index is 372. The average Bonchev–Trinajstić information content (AvgIpc) is 2.94. The van der Waals surface area contributed by atoms with Crippen LogP contribution >= 0.6 is 0 Å². The van der Waals surface area contributed by atoms with E-state index in [1.807, 2.05) is 7.05 Å². The topological polar surface area (TPSA) is 33.1 Å². The highest BCUT2D eigenvalue weighted by atomic mass is 15.3. The van der Waals surface area contributed by atoms with Crippen molar-refractivity contribution in [3.05, 3.63) is 18.0 Å². The first-order chi connectivity index (χ1) is 8.67. The molecule has 2 unspecified atom stereocenters. The molecule has 1 saturated heterocycles. The van der Waals surface area contributed by atoms with E-state index in [1.165, 1.54) is 18.5 Å². The van der Waals surface area contributed by atoms with E-state index in [1.54, 1.807) is 0 Å². The van der Waals surface area contributed by atoms with Crippen LogP contribution in [0.15, 0.2) is 12.4 Å². The van der Waals surface area contributed by atoms with E-state index < -0.39 is 0 Å². The predicted molar refractivity (Wildman–Crippen MR) is 74.6 cm³/mol. The normalized spacial score (nSPS) is 25.2. The summed E-state index contributed by atoms with van der Waals surface area (Å²) in [6.45, 7) is 10.0. The summed E-state index contributed by atoms with van der Waals surface area (Å²) in [5.41, 5.74) is 1.38. The predicted octanol–water partition coefficient (Wildman–Crippen LogP) is 2.07. The first-order valence-electron chi connectivity index (χ1n) is 7.10. The van der Waals surface area contributed by atoms with Gasteiger partial charge in [0.1, 0.15) is 0 Å². The molecule has 0 spiro atoms. The Labute approximate surface area is 110 Å². The molecule has 4 heteroatoms. The van der Waals surface area contributed by atoms with E-state index in [4.69, 9.17) is 0 Å². The molecule has 1 aromatic heterocycles. The van der Waals surface area contributed by atoms with Gasteiger partial charge in [-0.2, -0.15) is 5.10 Å². The number of hydrogen-bond acceptors (Lipinski definition) is 3. The van der Waals surface area contributed by atoms with Crippen LogP contribution < -0.4 is 5.32 Å². The van der Waals surface area contributed by atoms with E-state index in [0.717, 1.165) is 13.1 Å². The Morgan fingerprint density at radius 2 is 2.28 bits per heavy atom. The summed E-state index contributed by atoms with van der Waals surface area (Å²) in [5.74, 6) is 0.708. The molecule has 4 nitrogen and oxygen atoms in total. The van der Waals surface area contributed by atoms with Gasteiger partial charge in [0.05, 0.1) is 6.20 Å². The van der Waals surface area contributed by atoms with Crippen molar-refractivity contribution in [3.63, 3.8) is 0 Å². The van der Waals surface area contributed by atoms with Crippen LogP contribution in [0.4, 0.5) is 0 Å². The van der Waals surface area contributed by atoms with Crippen LogP contribution in [0.2, 0.25) is 0 Å². The molecule has 1 N–H and O–H groups in total. The van der Waals surface area contributed by atoms with Crippen molar-refractivity contribution in [2.24, 2.45) is 5.92 Å². The molecule has 1 aliphatic rings. The van der Waals surface area contributed by atoms with E-state index >= 15 is 0 Å². The Hall–Kier alpha value is -0.870. The molecule has 2 heterocycles. The lowest BCUT2D eigenvalue weighted by Crippen LogP contribution is -2.28. The van der Waals surface area contributed by atoms with Crippen LogP contribution in [0.1, 0.15) is 44.8 Å². The fraction of sp³-hybridized carbons (Fsp3) is 0.786. The van der Waals surface area contributed by atoms with E-state index in [-0.39, 0.29) is 0 Å². The number of nitrogens with one attached hydrogen (secondary N) is 1. The van der Waals surface area contributed by atoms with Crippen LogP contribution in [0.5, 0.6) is 0 Å². The monoisotopic (exact) mass is 250 g/mol. The maximum Gasteiger partial charge on any atom is 0.0537 e. The molecule has 0 bridgehead atoms. The molecule has 1 aromatic rings. The summed E-state index contributed by atoms with van der Waals surface area (Å²) in [5, 5.41) is 7.82. The fourth-order valence-electron chi connectivity index (χ4n) is 3.03. The number of nitrogens with zero attached hydrogens (tertiary/aromatic N) is 3. The molecule has 2 atom stereocenters. The van der Waals surface area contributed by atoms with Crippen molar-refractivity contribution < 1.29 is 0 Å². The lowest BCUT2D eigenvalue weighted by atomic mass is 9.96. The first kappa shape index (κ1) is 13.6. The van der Waals surface area contributed by atoms with Crippen molar-refractivity contribution in [1.29, 1.82) is 0 Å². The second-order valence-corrected chi connectivity index (χ2v) is 5.53. The smallest absolute Gasteiger partial charge is 0.0537 e. The van der Waals surface area contributed by atoms with Gasteiger partial charge in [0.2, 0.25) is 0 Å². The van der Waals surface area contributed by atoms with Crippen molar-refractivity contribution in [2.75, 3.05) is 26.7 Å². The maximum atomic E-state index is 4.49. The number of aromatic nitrogens is 2. The van der Waals surface area contributed by atoms with Crippen molar-refractivity contribution in [2.45, 2.75) is 39.3 Å². The van der Waals surface area contributed by atoms with Gasteiger partial charge in [-0.15, -0.1) is 0 Å². The number of likely N-dealkylation sites (tertiary alicyclic amines) is 1. The summed E-state index contributed by atoms with van der Waals surface area (Å²) < 4.78 is 2.07. The zero-order chi connectivity index (χ0) is 13.1. The molecular formula is C14H26N4. The minimum Gasteiger partial charge on any atom is -0.319 e. The molecule has 0 saturated carbocycles. The van der Waals surface area contributed by atoms with Crippen molar-refractivity contribution in [3.8, 4) is 0 Å². The summed E-state index contributed by atoms with van der Waals surface area (Å²) in [4.78, 5) is 2.57. The largest absolute Gasteiger partial charge is 0.319 e. The van der Waals surface area contributed by atoms with Crippen molar-refractivity contribution >= 4 is 0 Å². The molecule has 0 radical (unpaired) electrons. The molecule has 0 aliphatic carbocycles. The maximum absolute atomic E-state index is 4.49. The molecule has 1 aliphatic heterocycles. The van der Waals surface area contributed by atoms with E-state index in [9.17, 15) is 0 Å². The van der Waals surface area contributed by atoms with E-state index in [2.05, 4.69) is 53.2 Å². The lowest BCUT2D eigenvalue weighted by Gasteiger charge is -2.26. The highest BCUT2D eigenvalue weighted by Gasteiger charge is 2.34. The van der Waals surface area contributed by atoms with E-state index in [0.29, 0.717) is 18.0 Å². The third kappa shape index (κ3) is 2.59. The van der Waals surface area contributed by atoms with Crippen LogP contribution in [0.25, 0.3) is 0 Å². The average molecular weight is 250 g/mol. The summed E-state index contributed by atoms with van der Waals surface area (Å²) in [7, 11) is 2.04. The van der Waals surface area contributed by atoms with Crippen LogP contribution in [0, 0.1) is 5.92 Å². The van der Waals surface area contributed by atoms with Crippen molar-refractivity contribution in [1.82, 2.24) is 20.0 Å². The summed E-state index contributed by atoms with van der Waals surface area (Å²) in [6, 6.07) is 0.980. The second kappa shape index (κ2) is 5.85. The Morgan fingerprint density at radius 1 is 1.50 bits per heavy atom. The molecule has 0 amide bonds. The van der Waals surface area contributed by atoms with Gasteiger partial charge >= 0.3 is 0 Å². The van der Waals surface area contributed by atoms with Gasteiger partial charge < -0.3 is 5.32 Å². The van der Waals surface area contributed by atoms with Gasteiger partial charge in [-0.05, 0) is 52.9 Å². The Kier molecular flexibility index (Phi) is 4.40. The fourth-order valence-corrected chi connectivity index (χ4v) is 3.03. The molecule has 0 aromatic carbocycles. The third-order valence-corrected chi connectivity index (χ3v) is 3.99. The Balaban J connectivity index is 2.20. The second-order valence-electron chi connectivity index (χ2n) is 5.53. The highest BCUT2D eigenvalue weighted by molar-refractivity contribution is 5.15. The zero-order valence-electron chi connectivity index (χ0n) is 12.1. The van der Waals surface area contributed by atoms with Gasteiger partial charge in [0.25, 0.3) is 0 Å². The minimum atomic E-state index is 0.443. The quantitative estimate of drug-likeness (QED) is 0.868. The molecule has 18 heavy (non-hydrogen) atoms. The van der Waals surface area contributed by atoms with Crippen LogP contribution in [-0.4, -0.2) is 41.4 Å². The lowest BCUT2D eigenvalue weighted by molar-refractivity contribution is 0.238. The molecule has 1 fully saturated rings.